The number of hydrogen-bond acceptors (Lipinski definition) is 1. The number of aryl methyl sites for hydroxylation is 1. The molecule has 2 rings (SSSR count). The maximum Gasteiger partial charge on any atom is 0.0409 e. The molecule has 70 valence electrons. The molecule has 0 spiro atoms. The first-order valence-electron chi connectivity index (χ1n) is 4.63. The van der Waals surface area contributed by atoms with Gasteiger partial charge in [-0.05, 0) is 50.2 Å². The number of halogens is 1. The van der Waals surface area contributed by atoms with Crippen LogP contribution >= 0.6 is 11.6 Å². The molecule has 0 saturated carbocycles. The Kier molecular flexibility index (Phi) is 2.31. The fraction of sp³-hybridized carbons (Fsp3) is 0.455. The van der Waals surface area contributed by atoms with E-state index in [9.17, 15) is 0 Å². The Balaban J connectivity index is 2.40. The van der Waals surface area contributed by atoms with E-state index in [0.29, 0.717) is 6.04 Å². The summed E-state index contributed by atoms with van der Waals surface area (Å²) in [5.41, 5.74) is 2.88. The first-order chi connectivity index (χ1) is 6.18. The fourth-order valence-corrected chi connectivity index (χ4v) is 2.27. The van der Waals surface area contributed by atoms with Crippen molar-refractivity contribution in [2.24, 2.45) is 0 Å². The third kappa shape index (κ3) is 1.59. The quantitative estimate of drug-likeness (QED) is 0.666. The minimum absolute atomic E-state index is 0.564. The molecular formula is C11H14ClN. The number of nitrogens with zero attached hydrogens (tertiary/aromatic N) is 1. The van der Waals surface area contributed by atoms with E-state index in [2.05, 4.69) is 31.1 Å². The van der Waals surface area contributed by atoms with E-state index in [4.69, 9.17) is 11.6 Å². The van der Waals surface area contributed by atoms with Crippen molar-refractivity contribution in [2.45, 2.75) is 18.9 Å². The van der Waals surface area contributed by atoms with Crippen LogP contribution < -0.4 is 0 Å². The molecule has 1 aromatic rings. The minimum Gasteiger partial charge on any atom is -0.302 e. The highest BCUT2D eigenvalue weighted by atomic mass is 35.5. The Morgan fingerprint density at radius 2 is 2.15 bits per heavy atom. The van der Waals surface area contributed by atoms with Gasteiger partial charge < -0.3 is 4.90 Å². The summed E-state index contributed by atoms with van der Waals surface area (Å²) in [7, 11) is 4.25. The Labute approximate surface area is 84.3 Å². The molecule has 0 fully saturated rings. The topological polar surface area (TPSA) is 3.24 Å². The maximum atomic E-state index is 5.97. The number of rotatable bonds is 1. The van der Waals surface area contributed by atoms with E-state index < -0.39 is 0 Å². The third-order valence-corrected chi connectivity index (χ3v) is 3.01. The molecule has 13 heavy (non-hydrogen) atoms. The predicted octanol–water partition coefficient (Wildman–Crippen LogP) is 2.89. The van der Waals surface area contributed by atoms with Crippen LogP contribution in [0.15, 0.2) is 18.2 Å². The van der Waals surface area contributed by atoms with Crippen molar-refractivity contribution >= 4 is 11.6 Å². The van der Waals surface area contributed by atoms with Gasteiger partial charge in [-0.1, -0.05) is 17.7 Å². The third-order valence-electron chi connectivity index (χ3n) is 2.78. The summed E-state index contributed by atoms with van der Waals surface area (Å²) in [4.78, 5) is 2.27. The Hall–Kier alpha value is -0.530. The van der Waals surface area contributed by atoms with Crippen LogP contribution in [-0.4, -0.2) is 19.0 Å². The second-order valence-electron chi connectivity index (χ2n) is 3.86. The van der Waals surface area contributed by atoms with Gasteiger partial charge in [0.05, 0.1) is 0 Å². The summed E-state index contributed by atoms with van der Waals surface area (Å²) >= 11 is 5.97. The first kappa shape index (κ1) is 9.04. The molecule has 1 aliphatic rings. The molecule has 0 radical (unpaired) electrons. The van der Waals surface area contributed by atoms with Crippen molar-refractivity contribution in [3.63, 3.8) is 0 Å². The second-order valence-corrected chi connectivity index (χ2v) is 4.30. The molecular weight excluding hydrogens is 182 g/mol. The fourth-order valence-electron chi connectivity index (χ4n) is 2.09. The van der Waals surface area contributed by atoms with E-state index in [1.54, 1.807) is 0 Å². The summed E-state index contributed by atoms with van der Waals surface area (Å²) < 4.78 is 0. The van der Waals surface area contributed by atoms with E-state index in [1.807, 2.05) is 6.07 Å². The summed E-state index contributed by atoms with van der Waals surface area (Å²) in [6.45, 7) is 0. The molecule has 0 N–H and O–H groups in total. The largest absolute Gasteiger partial charge is 0.302 e. The zero-order valence-electron chi connectivity index (χ0n) is 8.05. The molecule has 0 bridgehead atoms. The smallest absolute Gasteiger partial charge is 0.0409 e. The van der Waals surface area contributed by atoms with Crippen LogP contribution in [-0.2, 0) is 6.42 Å². The van der Waals surface area contributed by atoms with E-state index in [1.165, 1.54) is 24.0 Å². The molecule has 1 atom stereocenters. The lowest BCUT2D eigenvalue weighted by molar-refractivity contribution is 0.299. The van der Waals surface area contributed by atoms with E-state index in [0.717, 1.165) is 5.02 Å². The van der Waals surface area contributed by atoms with E-state index in [-0.39, 0.29) is 0 Å². The minimum atomic E-state index is 0.564. The molecule has 0 heterocycles. The molecule has 1 unspecified atom stereocenters. The van der Waals surface area contributed by atoms with Crippen molar-refractivity contribution in [2.75, 3.05) is 14.1 Å². The van der Waals surface area contributed by atoms with Gasteiger partial charge in [0.25, 0.3) is 0 Å². The summed E-state index contributed by atoms with van der Waals surface area (Å²) in [6.07, 6.45) is 2.41. The van der Waals surface area contributed by atoms with Crippen LogP contribution in [0.3, 0.4) is 0 Å². The van der Waals surface area contributed by atoms with Gasteiger partial charge >= 0.3 is 0 Å². The highest BCUT2D eigenvalue weighted by Crippen LogP contribution is 2.35. The molecule has 1 aliphatic carbocycles. The second kappa shape index (κ2) is 3.32. The number of benzene rings is 1. The lowest BCUT2D eigenvalue weighted by atomic mass is 10.1. The maximum absolute atomic E-state index is 5.97. The molecule has 0 amide bonds. The van der Waals surface area contributed by atoms with Crippen LogP contribution in [0.5, 0.6) is 0 Å². The first-order valence-corrected chi connectivity index (χ1v) is 5.01. The average Bonchev–Trinajstić information content (AvgIpc) is 2.46. The summed E-state index contributed by atoms with van der Waals surface area (Å²) in [6, 6.07) is 6.81. The van der Waals surface area contributed by atoms with Crippen molar-refractivity contribution in [3.05, 3.63) is 34.3 Å². The lowest BCUT2D eigenvalue weighted by Gasteiger charge is -2.19. The molecule has 2 heteroatoms. The molecule has 0 saturated heterocycles. The van der Waals surface area contributed by atoms with Gasteiger partial charge in [-0.25, -0.2) is 0 Å². The average molecular weight is 196 g/mol. The van der Waals surface area contributed by atoms with Crippen molar-refractivity contribution in [1.29, 1.82) is 0 Å². The van der Waals surface area contributed by atoms with Crippen LogP contribution in [0.2, 0.25) is 5.02 Å². The Morgan fingerprint density at radius 1 is 1.38 bits per heavy atom. The predicted molar refractivity (Wildman–Crippen MR) is 56.2 cm³/mol. The number of hydrogen-bond donors (Lipinski definition) is 0. The standard InChI is InChI=1S/C11H14ClN/c1-13(2)11-6-4-8-3-5-9(12)7-10(8)11/h3,5,7,11H,4,6H2,1-2H3. The van der Waals surface area contributed by atoms with Gasteiger partial charge in [-0.3, -0.25) is 0 Å². The highest BCUT2D eigenvalue weighted by molar-refractivity contribution is 6.30. The van der Waals surface area contributed by atoms with Gasteiger partial charge in [-0.2, -0.15) is 0 Å². The van der Waals surface area contributed by atoms with Crippen LogP contribution in [0.1, 0.15) is 23.6 Å². The van der Waals surface area contributed by atoms with E-state index >= 15 is 0 Å². The van der Waals surface area contributed by atoms with Crippen LogP contribution in [0, 0.1) is 0 Å². The monoisotopic (exact) mass is 195 g/mol. The molecule has 0 aromatic heterocycles. The Bertz CT molecular complexity index is 320. The van der Waals surface area contributed by atoms with Crippen molar-refractivity contribution in [1.82, 2.24) is 4.90 Å². The van der Waals surface area contributed by atoms with Crippen molar-refractivity contribution < 1.29 is 0 Å². The van der Waals surface area contributed by atoms with Gasteiger partial charge in [0, 0.05) is 11.1 Å². The Morgan fingerprint density at radius 3 is 2.85 bits per heavy atom. The molecule has 0 aliphatic heterocycles. The molecule has 1 aromatic carbocycles. The highest BCUT2D eigenvalue weighted by Gasteiger charge is 2.23. The normalized spacial score (nSPS) is 20.8. The SMILES string of the molecule is CN(C)C1CCc2ccc(Cl)cc21. The van der Waals surface area contributed by atoms with Gasteiger partial charge in [0.15, 0.2) is 0 Å². The summed E-state index contributed by atoms with van der Waals surface area (Å²) in [5, 5.41) is 0.854. The lowest BCUT2D eigenvalue weighted by Crippen LogP contribution is -2.17. The zero-order valence-corrected chi connectivity index (χ0v) is 8.80. The van der Waals surface area contributed by atoms with Crippen LogP contribution in [0.4, 0.5) is 0 Å². The van der Waals surface area contributed by atoms with Gasteiger partial charge in [0.2, 0.25) is 0 Å². The van der Waals surface area contributed by atoms with Crippen molar-refractivity contribution in [3.8, 4) is 0 Å². The van der Waals surface area contributed by atoms with Gasteiger partial charge in [0.1, 0.15) is 0 Å². The molecule has 1 nitrogen and oxygen atoms in total. The summed E-state index contributed by atoms with van der Waals surface area (Å²) in [5.74, 6) is 0. The van der Waals surface area contributed by atoms with Gasteiger partial charge in [-0.15, -0.1) is 0 Å². The van der Waals surface area contributed by atoms with Crippen LogP contribution in [0.25, 0.3) is 0 Å². The number of fused-ring (bicyclic) bond motifs is 1. The zero-order chi connectivity index (χ0) is 9.42.